The number of hydrogen-bond acceptors (Lipinski definition) is 0. The molecule has 0 saturated heterocycles. The molecular weight excluding hydrogens is 167 g/mol. The molecule has 0 fully saturated rings. The van der Waals surface area contributed by atoms with Crippen molar-refractivity contribution >= 4 is 23.2 Å². The van der Waals surface area contributed by atoms with Crippen molar-refractivity contribution in [3.8, 4) is 0 Å². The maximum absolute atomic E-state index is 5.89. The van der Waals surface area contributed by atoms with Gasteiger partial charge in [-0.05, 0) is 27.7 Å². The number of hydrogen-bond donors (Lipinski definition) is 0. The summed E-state index contributed by atoms with van der Waals surface area (Å²) in [6.45, 7) is 7.70. The molecule has 0 atom stereocenters. The number of alkyl halides is 2. The molecule has 0 N–H and O–H groups in total. The van der Waals surface area contributed by atoms with Gasteiger partial charge >= 0.3 is 0 Å². The van der Waals surface area contributed by atoms with Crippen molar-refractivity contribution in [2.24, 2.45) is 0 Å². The van der Waals surface area contributed by atoms with Gasteiger partial charge < -0.3 is 0 Å². The Kier molecular flexibility index (Phi) is 3.25. The minimum atomic E-state index is -0.286. The van der Waals surface area contributed by atoms with Gasteiger partial charge in [0.1, 0.15) is 0 Å². The number of rotatable bonds is 2. The second-order valence-electron chi connectivity index (χ2n) is 3.46. The molecule has 0 radical (unpaired) electrons. The predicted octanol–water partition coefficient (Wildman–Crippen LogP) is 3.58. The van der Waals surface area contributed by atoms with Crippen LogP contribution in [0.4, 0.5) is 0 Å². The van der Waals surface area contributed by atoms with Crippen LogP contribution in [-0.4, -0.2) is 9.75 Å². The van der Waals surface area contributed by atoms with Gasteiger partial charge in [0.15, 0.2) is 0 Å². The molecule has 0 aromatic heterocycles. The van der Waals surface area contributed by atoms with Crippen molar-refractivity contribution in [1.29, 1.82) is 0 Å². The molecule has 0 aromatic rings. The molecule has 0 nitrogen and oxygen atoms in total. The van der Waals surface area contributed by atoms with E-state index >= 15 is 0 Å². The average Bonchev–Trinajstić information content (AvgIpc) is 1.57. The van der Waals surface area contributed by atoms with E-state index in [-0.39, 0.29) is 9.75 Å². The monoisotopic (exact) mass is 180 g/mol. The van der Waals surface area contributed by atoms with Crippen molar-refractivity contribution in [1.82, 2.24) is 0 Å². The van der Waals surface area contributed by atoms with Crippen LogP contribution in [-0.2, 0) is 0 Å². The highest BCUT2D eigenvalue weighted by Crippen LogP contribution is 2.20. The lowest BCUT2D eigenvalue weighted by molar-refractivity contribution is 0.831. The van der Waals surface area contributed by atoms with Gasteiger partial charge in [0.25, 0.3) is 0 Å². The summed E-state index contributed by atoms with van der Waals surface area (Å²) < 4.78 is 0. The Labute approximate surface area is 73.2 Å². The van der Waals surface area contributed by atoms with Gasteiger partial charge in [-0.25, -0.2) is 0 Å². The van der Waals surface area contributed by atoms with E-state index in [0.29, 0.717) is 0 Å². The van der Waals surface area contributed by atoms with Crippen molar-refractivity contribution < 1.29 is 0 Å². The summed E-state index contributed by atoms with van der Waals surface area (Å²) in [5, 5.41) is 0. The Hall–Kier alpha value is 0.320. The summed E-state index contributed by atoms with van der Waals surface area (Å²) in [5.41, 5.74) is 0. The van der Waals surface area contributed by atoms with Crippen LogP contribution in [0.15, 0.2) is 12.2 Å². The molecule has 0 bridgehead atoms. The Morgan fingerprint density at radius 3 is 1.10 bits per heavy atom. The molecule has 0 aromatic carbocycles. The van der Waals surface area contributed by atoms with Gasteiger partial charge in [-0.2, -0.15) is 0 Å². The van der Waals surface area contributed by atoms with Gasteiger partial charge in [-0.1, -0.05) is 12.2 Å². The molecule has 10 heavy (non-hydrogen) atoms. The first-order valence-electron chi connectivity index (χ1n) is 3.29. The molecule has 0 heterocycles. The molecule has 0 amide bonds. The normalized spacial score (nSPS) is 14.6. The SMILES string of the molecule is CC(C)(Cl)C=CC(C)(C)Cl. The second-order valence-corrected chi connectivity index (χ2v) is 5.41. The van der Waals surface area contributed by atoms with E-state index in [4.69, 9.17) is 23.2 Å². The Morgan fingerprint density at radius 1 is 0.800 bits per heavy atom. The zero-order valence-corrected chi connectivity index (χ0v) is 8.42. The molecule has 0 saturated carbocycles. The van der Waals surface area contributed by atoms with E-state index in [2.05, 4.69) is 0 Å². The van der Waals surface area contributed by atoms with Crippen molar-refractivity contribution in [2.75, 3.05) is 0 Å². The summed E-state index contributed by atoms with van der Waals surface area (Å²) in [6.07, 6.45) is 3.81. The lowest BCUT2D eigenvalue weighted by atomic mass is 10.1. The van der Waals surface area contributed by atoms with Crippen LogP contribution < -0.4 is 0 Å². The van der Waals surface area contributed by atoms with E-state index in [1.54, 1.807) is 0 Å². The molecule has 0 unspecified atom stereocenters. The first kappa shape index (κ1) is 10.3. The molecule has 60 valence electrons. The topological polar surface area (TPSA) is 0 Å². The molecule has 0 rings (SSSR count). The first-order valence-corrected chi connectivity index (χ1v) is 4.04. The van der Waals surface area contributed by atoms with Gasteiger partial charge in [-0.15, -0.1) is 23.2 Å². The Balaban J connectivity index is 4.01. The standard InChI is InChI=1S/C8H14Cl2/c1-7(2,9)5-6-8(3,4)10/h5-6H,1-4H3. The third-order valence-corrected chi connectivity index (χ3v) is 1.13. The van der Waals surface area contributed by atoms with Crippen LogP contribution in [0.2, 0.25) is 0 Å². The lowest BCUT2D eigenvalue weighted by Gasteiger charge is -2.13. The molecule has 0 aliphatic carbocycles. The third-order valence-electron chi connectivity index (χ3n) is 0.876. The fraction of sp³-hybridized carbons (Fsp3) is 0.750. The molecule has 2 heteroatoms. The molecule has 0 spiro atoms. The van der Waals surface area contributed by atoms with Crippen LogP contribution >= 0.6 is 23.2 Å². The van der Waals surface area contributed by atoms with E-state index in [1.807, 2.05) is 39.8 Å². The number of halogens is 2. The fourth-order valence-electron chi connectivity index (χ4n) is 0.396. The summed E-state index contributed by atoms with van der Waals surface area (Å²) in [5.74, 6) is 0. The highest BCUT2D eigenvalue weighted by atomic mass is 35.5. The van der Waals surface area contributed by atoms with Crippen molar-refractivity contribution in [3.05, 3.63) is 12.2 Å². The summed E-state index contributed by atoms with van der Waals surface area (Å²) in [6, 6.07) is 0. The first-order chi connectivity index (χ1) is 4.21. The average molecular weight is 181 g/mol. The smallest absolute Gasteiger partial charge is 0.0570 e. The van der Waals surface area contributed by atoms with Gasteiger partial charge in [0, 0.05) is 0 Å². The van der Waals surface area contributed by atoms with Gasteiger partial charge in [0.05, 0.1) is 9.75 Å². The minimum Gasteiger partial charge on any atom is -0.115 e. The van der Waals surface area contributed by atoms with Gasteiger partial charge in [0.2, 0.25) is 0 Å². The molecular formula is C8H14Cl2. The maximum atomic E-state index is 5.89. The van der Waals surface area contributed by atoms with Crippen molar-refractivity contribution in [3.63, 3.8) is 0 Å². The van der Waals surface area contributed by atoms with Crippen LogP contribution in [0.1, 0.15) is 27.7 Å². The highest BCUT2D eigenvalue weighted by molar-refractivity contribution is 6.26. The third kappa shape index (κ3) is 8.32. The fourth-order valence-corrected chi connectivity index (χ4v) is 0.522. The minimum absolute atomic E-state index is 0.286. The van der Waals surface area contributed by atoms with Crippen LogP contribution in [0.5, 0.6) is 0 Å². The molecule has 0 aliphatic heterocycles. The zero-order chi connectivity index (χ0) is 8.41. The van der Waals surface area contributed by atoms with E-state index in [1.165, 1.54) is 0 Å². The lowest BCUT2D eigenvalue weighted by Crippen LogP contribution is -2.10. The van der Waals surface area contributed by atoms with Gasteiger partial charge in [-0.3, -0.25) is 0 Å². The Morgan fingerprint density at radius 2 is 1.00 bits per heavy atom. The molecule has 0 aliphatic rings. The highest BCUT2D eigenvalue weighted by Gasteiger charge is 2.12. The largest absolute Gasteiger partial charge is 0.115 e. The van der Waals surface area contributed by atoms with E-state index in [9.17, 15) is 0 Å². The predicted molar refractivity (Wildman–Crippen MR) is 49.0 cm³/mol. The van der Waals surface area contributed by atoms with Crippen molar-refractivity contribution in [2.45, 2.75) is 37.4 Å². The summed E-state index contributed by atoms with van der Waals surface area (Å²) >= 11 is 11.8. The summed E-state index contributed by atoms with van der Waals surface area (Å²) in [4.78, 5) is -0.571. The summed E-state index contributed by atoms with van der Waals surface area (Å²) in [7, 11) is 0. The van der Waals surface area contributed by atoms with Crippen LogP contribution in [0.25, 0.3) is 0 Å². The van der Waals surface area contributed by atoms with Crippen LogP contribution in [0.3, 0.4) is 0 Å². The van der Waals surface area contributed by atoms with E-state index < -0.39 is 0 Å². The maximum Gasteiger partial charge on any atom is 0.0570 e. The second kappa shape index (κ2) is 3.15. The Bertz CT molecular complexity index is 107. The quantitative estimate of drug-likeness (QED) is 0.451. The van der Waals surface area contributed by atoms with Crippen LogP contribution in [0, 0.1) is 0 Å². The number of allylic oxidation sites excluding steroid dienone is 2. The van der Waals surface area contributed by atoms with E-state index in [0.717, 1.165) is 0 Å². The zero-order valence-electron chi connectivity index (χ0n) is 6.91.